The number of benzene rings is 1. The number of imidazole rings is 1. The van der Waals surface area contributed by atoms with Crippen molar-refractivity contribution < 1.29 is 27.8 Å². The average molecular weight is 426 g/mol. The minimum Gasteiger partial charge on any atom is -0.379 e. The Morgan fingerprint density at radius 1 is 1.27 bits per heavy atom. The topological polar surface area (TPSA) is 79.6 Å². The van der Waals surface area contributed by atoms with Gasteiger partial charge in [0.2, 0.25) is 11.5 Å². The zero-order chi connectivity index (χ0) is 21.8. The maximum Gasteiger partial charge on any atom is 0.425 e. The SMILES string of the molecule is Cn1ccnc1C(O)(CC(=O)NC(CN1CCOCC1)c1ccccc1)C(F)(F)F. The number of nitrogens with zero attached hydrogens (tertiary/aromatic N) is 3. The smallest absolute Gasteiger partial charge is 0.379 e. The largest absolute Gasteiger partial charge is 0.425 e. The Bertz CT molecular complexity index is 837. The molecule has 1 aliphatic heterocycles. The third-order valence-corrected chi connectivity index (χ3v) is 5.16. The summed E-state index contributed by atoms with van der Waals surface area (Å²) in [5.41, 5.74) is -2.62. The van der Waals surface area contributed by atoms with Gasteiger partial charge in [-0.25, -0.2) is 4.98 Å². The molecular weight excluding hydrogens is 401 g/mol. The van der Waals surface area contributed by atoms with Crippen molar-refractivity contribution in [1.82, 2.24) is 19.8 Å². The predicted octanol–water partition coefficient (Wildman–Crippen LogP) is 1.75. The summed E-state index contributed by atoms with van der Waals surface area (Å²) in [6.07, 6.45) is -3.83. The van der Waals surface area contributed by atoms with Gasteiger partial charge in [-0.05, 0) is 5.56 Å². The molecule has 1 fully saturated rings. The number of carbonyl (C=O) groups is 1. The van der Waals surface area contributed by atoms with Crippen molar-refractivity contribution >= 4 is 5.91 Å². The van der Waals surface area contributed by atoms with Crippen LogP contribution in [0.3, 0.4) is 0 Å². The van der Waals surface area contributed by atoms with Gasteiger partial charge in [-0.2, -0.15) is 13.2 Å². The van der Waals surface area contributed by atoms with E-state index in [2.05, 4.69) is 15.2 Å². The Morgan fingerprint density at radius 3 is 2.50 bits per heavy atom. The van der Waals surface area contributed by atoms with Gasteiger partial charge in [0.25, 0.3) is 0 Å². The molecule has 30 heavy (non-hydrogen) atoms. The second-order valence-electron chi connectivity index (χ2n) is 7.34. The molecular formula is C20H25F3N4O3. The molecule has 164 valence electrons. The third-order valence-electron chi connectivity index (χ3n) is 5.16. The average Bonchev–Trinajstić information content (AvgIpc) is 3.14. The van der Waals surface area contributed by atoms with Crippen molar-refractivity contribution in [3.63, 3.8) is 0 Å². The normalized spacial score (nSPS) is 18.6. The highest BCUT2D eigenvalue weighted by atomic mass is 19.4. The molecule has 1 aromatic carbocycles. The molecule has 2 heterocycles. The Morgan fingerprint density at radius 2 is 1.93 bits per heavy atom. The van der Waals surface area contributed by atoms with Crippen LogP contribution >= 0.6 is 0 Å². The van der Waals surface area contributed by atoms with Crippen molar-refractivity contribution in [1.29, 1.82) is 0 Å². The van der Waals surface area contributed by atoms with Gasteiger partial charge >= 0.3 is 6.18 Å². The fraction of sp³-hybridized carbons (Fsp3) is 0.500. The number of carbonyl (C=O) groups excluding carboxylic acids is 1. The van der Waals surface area contributed by atoms with E-state index in [1.165, 1.54) is 13.2 Å². The lowest BCUT2D eigenvalue weighted by molar-refractivity contribution is -0.271. The van der Waals surface area contributed by atoms with Crippen molar-refractivity contribution in [2.75, 3.05) is 32.8 Å². The maximum absolute atomic E-state index is 13.7. The fourth-order valence-electron chi connectivity index (χ4n) is 3.51. The summed E-state index contributed by atoms with van der Waals surface area (Å²) < 4.78 is 47.6. The van der Waals surface area contributed by atoms with Crippen molar-refractivity contribution in [2.45, 2.75) is 24.2 Å². The van der Waals surface area contributed by atoms with Gasteiger partial charge in [-0.3, -0.25) is 9.69 Å². The van der Waals surface area contributed by atoms with Gasteiger partial charge in [0.05, 0.1) is 25.7 Å². The molecule has 1 saturated heterocycles. The van der Waals surface area contributed by atoms with E-state index in [4.69, 9.17) is 4.74 Å². The number of aromatic nitrogens is 2. The third kappa shape index (κ3) is 5.00. The van der Waals surface area contributed by atoms with Crippen LogP contribution in [0.15, 0.2) is 42.7 Å². The maximum atomic E-state index is 13.7. The standard InChI is InChI=1S/C20H25F3N4O3/c1-26-8-7-24-18(26)19(29,20(21,22)23)13-17(28)25-16(15-5-3-2-4-6-15)14-27-9-11-30-12-10-27/h2-8,16,29H,9-14H2,1H3,(H,25,28). The first-order valence-electron chi connectivity index (χ1n) is 9.62. The Kier molecular flexibility index (Phi) is 6.79. The Balaban J connectivity index is 1.79. The number of ether oxygens (including phenoxy) is 1. The zero-order valence-electron chi connectivity index (χ0n) is 16.6. The van der Waals surface area contributed by atoms with Gasteiger partial charge in [0.15, 0.2) is 5.82 Å². The second-order valence-corrected chi connectivity index (χ2v) is 7.34. The van der Waals surface area contributed by atoms with Gasteiger partial charge in [-0.1, -0.05) is 30.3 Å². The van der Waals surface area contributed by atoms with Crippen LogP contribution in [0.2, 0.25) is 0 Å². The van der Waals surface area contributed by atoms with Crippen LogP contribution in [0, 0.1) is 0 Å². The van der Waals surface area contributed by atoms with Crippen LogP contribution in [-0.4, -0.2) is 64.5 Å². The number of amides is 1. The summed E-state index contributed by atoms with van der Waals surface area (Å²) in [4.78, 5) is 18.4. The summed E-state index contributed by atoms with van der Waals surface area (Å²) in [6.45, 7) is 2.87. The molecule has 0 saturated carbocycles. The lowest BCUT2D eigenvalue weighted by atomic mass is 9.96. The summed E-state index contributed by atoms with van der Waals surface area (Å²) >= 11 is 0. The molecule has 2 N–H and O–H groups in total. The number of morpholine rings is 1. The predicted molar refractivity (Wildman–Crippen MR) is 102 cm³/mol. The number of alkyl halides is 3. The molecule has 0 aliphatic carbocycles. The van der Waals surface area contributed by atoms with Crippen molar-refractivity contribution in [3.8, 4) is 0 Å². The van der Waals surface area contributed by atoms with Crippen molar-refractivity contribution in [3.05, 3.63) is 54.1 Å². The van der Waals surface area contributed by atoms with E-state index in [-0.39, 0.29) is 0 Å². The molecule has 0 bridgehead atoms. The highest BCUT2D eigenvalue weighted by Crippen LogP contribution is 2.40. The molecule has 2 atom stereocenters. The van der Waals surface area contributed by atoms with E-state index >= 15 is 0 Å². The lowest BCUT2D eigenvalue weighted by Crippen LogP contribution is -2.49. The van der Waals surface area contributed by atoms with E-state index in [0.29, 0.717) is 32.8 Å². The number of nitrogens with one attached hydrogen (secondary N) is 1. The fourth-order valence-corrected chi connectivity index (χ4v) is 3.51. The van der Waals surface area contributed by atoms with E-state index < -0.39 is 36.0 Å². The van der Waals surface area contributed by atoms with Gasteiger partial charge in [0.1, 0.15) is 0 Å². The number of hydrogen-bond acceptors (Lipinski definition) is 5. The summed E-state index contributed by atoms with van der Waals surface area (Å²) in [6, 6.07) is 8.50. The van der Waals surface area contributed by atoms with E-state index in [1.54, 1.807) is 24.3 Å². The highest BCUT2D eigenvalue weighted by molar-refractivity contribution is 5.78. The van der Waals surface area contributed by atoms with Crippen LogP contribution in [0.1, 0.15) is 23.9 Å². The summed E-state index contributed by atoms with van der Waals surface area (Å²) in [5.74, 6) is -1.55. The van der Waals surface area contributed by atoms with Crippen LogP contribution in [0.4, 0.5) is 13.2 Å². The summed E-state index contributed by atoms with van der Waals surface area (Å²) in [7, 11) is 1.34. The number of hydrogen-bond donors (Lipinski definition) is 2. The second kappa shape index (κ2) is 9.15. The quantitative estimate of drug-likeness (QED) is 0.705. The van der Waals surface area contributed by atoms with E-state index in [0.717, 1.165) is 16.3 Å². The van der Waals surface area contributed by atoms with Crippen LogP contribution in [-0.2, 0) is 22.2 Å². The Hall–Kier alpha value is -2.43. The highest BCUT2D eigenvalue weighted by Gasteiger charge is 2.58. The van der Waals surface area contributed by atoms with Gasteiger partial charge < -0.3 is 19.7 Å². The monoisotopic (exact) mass is 426 g/mol. The molecule has 1 amide bonds. The van der Waals surface area contributed by atoms with E-state index in [9.17, 15) is 23.1 Å². The first-order chi connectivity index (χ1) is 14.2. The van der Waals surface area contributed by atoms with Crippen LogP contribution in [0.5, 0.6) is 0 Å². The minimum absolute atomic E-state index is 0.423. The Labute approximate surface area is 172 Å². The molecule has 2 aromatic rings. The summed E-state index contributed by atoms with van der Waals surface area (Å²) in [5, 5.41) is 13.1. The number of aryl methyl sites for hydroxylation is 1. The molecule has 10 heteroatoms. The first-order valence-corrected chi connectivity index (χ1v) is 9.62. The molecule has 7 nitrogen and oxygen atoms in total. The lowest BCUT2D eigenvalue weighted by Gasteiger charge is -2.33. The molecule has 0 spiro atoms. The van der Waals surface area contributed by atoms with Crippen LogP contribution < -0.4 is 5.32 Å². The number of halogens is 3. The molecule has 2 unspecified atom stereocenters. The van der Waals surface area contributed by atoms with Gasteiger partial charge in [0, 0.05) is 39.1 Å². The number of aliphatic hydroxyl groups is 1. The first kappa shape index (κ1) is 22.3. The molecule has 1 aliphatic rings. The molecule has 0 radical (unpaired) electrons. The van der Waals surface area contributed by atoms with E-state index in [1.807, 2.05) is 6.07 Å². The van der Waals surface area contributed by atoms with Gasteiger partial charge in [-0.15, -0.1) is 0 Å². The minimum atomic E-state index is -5.07. The van der Waals surface area contributed by atoms with Crippen molar-refractivity contribution in [2.24, 2.45) is 7.05 Å². The van der Waals surface area contributed by atoms with Crippen LogP contribution in [0.25, 0.3) is 0 Å². The molecule has 1 aromatic heterocycles. The zero-order valence-corrected chi connectivity index (χ0v) is 16.6. The number of rotatable bonds is 7. The molecule has 3 rings (SSSR count).